The van der Waals surface area contributed by atoms with Gasteiger partial charge in [0.25, 0.3) is 11.8 Å². The van der Waals surface area contributed by atoms with E-state index in [0.717, 1.165) is 21.3 Å². The summed E-state index contributed by atoms with van der Waals surface area (Å²) in [6.07, 6.45) is 1.52. The lowest BCUT2D eigenvalue weighted by atomic mass is 9.79. The molecule has 1 aromatic heterocycles. The number of rotatable bonds is 3. The molecule has 2 fully saturated rings. The molecule has 4 rings (SSSR count). The summed E-state index contributed by atoms with van der Waals surface area (Å²) in [5, 5.41) is 0.816. The van der Waals surface area contributed by atoms with Crippen LogP contribution in [0.1, 0.15) is 38.2 Å². The Morgan fingerprint density at radius 3 is 2.29 bits per heavy atom. The number of carbonyl (C=O) groups excluding carboxylic acids is 1. The van der Waals surface area contributed by atoms with Crippen LogP contribution < -0.4 is 5.46 Å². The highest BCUT2D eigenvalue weighted by Crippen LogP contribution is 2.37. The van der Waals surface area contributed by atoms with Gasteiger partial charge in [0.1, 0.15) is 5.69 Å². The Kier molecular flexibility index (Phi) is 4.04. The summed E-state index contributed by atoms with van der Waals surface area (Å²) in [7, 11) is -0.532. The molecule has 8 heteroatoms. The standard InChI is InChI=1S/C20H23BF2N2O3/c1-6-25-15-10-14(21-27-18(2,3)19(4,5)28-21)8-7-13(15)9-16(25)17(26)24-11-20(22,23)12-24/h6-10H,1,11-12H2,2-5H3. The third-order valence-electron chi connectivity index (χ3n) is 5.92. The van der Waals surface area contributed by atoms with Crippen LogP contribution in [0.25, 0.3) is 17.1 Å². The molecule has 28 heavy (non-hydrogen) atoms. The summed E-state index contributed by atoms with van der Waals surface area (Å²) < 4.78 is 40.1. The van der Waals surface area contributed by atoms with Crippen LogP contribution in [0.5, 0.6) is 0 Å². The van der Waals surface area contributed by atoms with Crippen LogP contribution >= 0.6 is 0 Å². The Balaban J connectivity index is 1.69. The molecule has 3 heterocycles. The normalized spacial score (nSPS) is 22.4. The highest BCUT2D eigenvalue weighted by Gasteiger charge is 2.52. The lowest BCUT2D eigenvalue weighted by molar-refractivity contribution is -0.113. The van der Waals surface area contributed by atoms with Gasteiger partial charge in [-0.25, -0.2) is 8.78 Å². The molecule has 5 nitrogen and oxygen atoms in total. The van der Waals surface area contributed by atoms with E-state index in [9.17, 15) is 13.6 Å². The molecule has 148 valence electrons. The minimum atomic E-state index is -2.80. The fraction of sp³-hybridized carbons (Fsp3) is 0.450. The topological polar surface area (TPSA) is 43.7 Å². The predicted octanol–water partition coefficient (Wildman–Crippen LogP) is 3.13. The van der Waals surface area contributed by atoms with Crippen LogP contribution in [0.3, 0.4) is 0 Å². The molecule has 2 aliphatic rings. The van der Waals surface area contributed by atoms with Crippen molar-refractivity contribution in [2.75, 3.05) is 13.1 Å². The minimum Gasteiger partial charge on any atom is -0.399 e. The first-order valence-corrected chi connectivity index (χ1v) is 9.24. The van der Waals surface area contributed by atoms with E-state index in [1.54, 1.807) is 10.6 Å². The summed E-state index contributed by atoms with van der Waals surface area (Å²) in [5.74, 6) is -3.23. The van der Waals surface area contributed by atoms with E-state index in [1.807, 2.05) is 45.9 Å². The average Bonchev–Trinajstić information content (AvgIpc) is 3.05. The lowest BCUT2D eigenvalue weighted by Gasteiger charge is -2.38. The van der Waals surface area contributed by atoms with Gasteiger partial charge in [0, 0.05) is 11.6 Å². The fourth-order valence-corrected chi connectivity index (χ4v) is 3.54. The first-order chi connectivity index (χ1) is 12.9. The molecule has 1 amide bonds. The number of alkyl halides is 2. The first-order valence-electron chi connectivity index (χ1n) is 9.24. The quantitative estimate of drug-likeness (QED) is 0.759. The van der Waals surface area contributed by atoms with Gasteiger partial charge in [0.05, 0.1) is 29.8 Å². The number of fused-ring (bicyclic) bond motifs is 1. The van der Waals surface area contributed by atoms with E-state index in [0.29, 0.717) is 5.69 Å². The van der Waals surface area contributed by atoms with Gasteiger partial charge in [0.2, 0.25) is 0 Å². The van der Waals surface area contributed by atoms with E-state index in [2.05, 4.69) is 6.58 Å². The number of amides is 1. The lowest BCUT2D eigenvalue weighted by Crippen LogP contribution is -2.58. The van der Waals surface area contributed by atoms with Gasteiger partial charge >= 0.3 is 7.12 Å². The van der Waals surface area contributed by atoms with Crippen molar-refractivity contribution in [1.82, 2.24) is 9.47 Å². The highest BCUT2D eigenvalue weighted by molar-refractivity contribution is 6.62. The van der Waals surface area contributed by atoms with Crippen molar-refractivity contribution in [3.05, 3.63) is 36.5 Å². The third kappa shape index (κ3) is 2.86. The molecule has 1 aromatic carbocycles. The number of nitrogens with zero attached hydrogens (tertiary/aromatic N) is 2. The summed E-state index contributed by atoms with van der Waals surface area (Å²) >= 11 is 0. The van der Waals surface area contributed by atoms with Crippen molar-refractivity contribution in [3.63, 3.8) is 0 Å². The first kappa shape index (κ1) is 19.1. The van der Waals surface area contributed by atoms with Crippen molar-refractivity contribution in [2.45, 2.75) is 44.8 Å². The van der Waals surface area contributed by atoms with Gasteiger partial charge in [0.15, 0.2) is 0 Å². The molecule has 0 aliphatic carbocycles. The average molecular weight is 388 g/mol. The zero-order valence-corrected chi connectivity index (χ0v) is 16.5. The SMILES string of the molecule is C=Cn1c(C(=O)N2CC(F)(F)C2)cc2ccc(B3OC(C)(C)C(C)(C)O3)cc21. The van der Waals surface area contributed by atoms with Crippen LogP contribution in [-0.4, -0.2) is 52.7 Å². The zero-order chi connectivity index (χ0) is 20.5. The van der Waals surface area contributed by atoms with Crippen LogP contribution in [0.4, 0.5) is 8.78 Å². The smallest absolute Gasteiger partial charge is 0.399 e. The van der Waals surface area contributed by atoms with Gasteiger partial charge in [-0.1, -0.05) is 18.7 Å². The number of hydrogen-bond donors (Lipinski definition) is 0. The summed E-state index contributed by atoms with van der Waals surface area (Å²) in [6, 6.07) is 7.35. The van der Waals surface area contributed by atoms with E-state index >= 15 is 0 Å². The van der Waals surface area contributed by atoms with Crippen molar-refractivity contribution in [2.24, 2.45) is 0 Å². The van der Waals surface area contributed by atoms with Crippen molar-refractivity contribution >= 4 is 35.6 Å². The molecule has 0 spiro atoms. The van der Waals surface area contributed by atoms with Gasteiger partial charge < -0.3 is 18.8 Å². The van der Waals surface area contributed by atoms with Crippen LogP contribution in [0, 0.1) is 0 Å². The maximum absolute atomic E-state index is 13.2. The maximum Gasteiger partial charge on any atom is 0.494 e. The predicted molar refractivity (Wildman–Crippen MR) is 105 cm³/mol. The van der Waals surface area contributed by atoms with E-state index in [4.69, 9.17) is 9.31 Å². The monoisotopic (exact) mass is 388 g/mol. The molecule has 2 aromatic rings. The maximum atomic E-state index is 13.2. The zero-order valence-electron chi connectivity index (χ0n) is 16.5. The Morgan fingerprint density at radius 2 is 1.75 bits per heavy atom. The largest absolute Gasteiger partial charge is 0.494 e. The number of carbonyl (C=O) groups is 1. The summed E-state index contributed by atoms with van der Waals surface area (Å²) in [6.45, 7) is 10.6. The minimum absolute atomic E-state index is 0.312. The van der Waals surface area contributed by atoms with Gasteiger partial charge in [-0.05, 0) is 45.3 Å². The molecule has 0 saturated carbocycles. The van der Waals surface area contributed by atoms with Gasteiger partial charge in [-0.2, -0.15) is 0 Å². The van der Waals surface area contributed by atoms with Crippen molar-refractivity contribution in [1.29, 1.82) is 0 Å². The molecular weight excluding hydrogens is 365 g/mol. The number of halogens is 2. The Labute approximate surface area is 163 Å². The van der Waals surface area contributed by atoms with Gasteiger partial charge in [-0.15, -0.1) is 0 Å². The van der Waals surface area contributed by atoms with Crippen molar-refractivity contribution < 1.29 is 22.9 Å². The molecular formula is C20H23BF2N2O3. The van der Waals surface area contributed by atoms with Crippen molar-refractivity contribution in [3.8, 4) is 0 Å². The Hall–Kier alpha value is -2.19. The molecule has 0 unspecified atom stereocenters. The second-order valence-electron chi connectivity index (χ2n) is 8.51. The molecule has 2 aliphatic heterocycles. The van der Waals surface area contributed by atoms with Gasteiger partial charge in [-0.3, -0.25) is 4.79 Å². The van der Waals surface area contributed by atoms with Crippen LogP contribution in [0.2, 0.25) is 0 Å². The molecule has 0 bridgehead atoms. The van der Waals surface area contributed by atoms with E-state index < -0.39 is 43.2 Å². The Bertz CT molecular complexity index is 959. The van der Waals surface area contributed by atoms with Crippen LogP contribution in [0.15, 0.2) is 30.8 Å². The summed E-state index contributed by atoms with van der Waals surface area (Å²) in [5.41, 5.74) is 0.958. The highest BCUT2D eigenvalue weighted by atomic mass is 19.3. The Morgan fingerprint density at radius 1 is 1.14 bits per heavy atom. The molecule has 0 atom stereocenters. The van der Waals surface area contributed by atoms with Crippen LogP contribution in [-0.2, 0) is 9.31 Å². The molecule has 0 N–H and O–H groups in total. The van der Waals surface area contributed by atoms with E-state index in [-0.39, 0.29) is 0 Å². The number of likely N-dealkylation sites (tertiary alicyclic amines) is 1. The second-order valence-corrected chi connectivity index (χ2v) is 8.51. The summed E-state index contributed by atoms with van der Waals surface area (Å²) in [4.78, 5) is 13.8. The number of benzene rings is 1. The number of aromatic nitrogens is 1. The molecule has 2 saturated heterocycles. The van der Waals surface area contributed by atoms with E-state index in [1.165, 1.54) is 6.20 Å². The second kappa shape index (κ2) is 5.91. The third-order valence-corrected chi connectivity index (χ3v) is 5.92. The fourth-order valence-electron chi connectivity index (χ4n) is 3.54. The molecule has 0 radical (unpaired) electrons. The number of hydrogen-bond acceptors (Lipinski definition) is 3.